The number of aromatic nitrogens is 2. The molecule has 152 valence electrons. The lowest BCUT2D eigenvalue weighted by molar-refractivity contribution is 0.0575. The van der Waals surface area contributed by atoms with E-state index in [9.17, 15) is 9.59 Å². The summed E-state index contributed by atoms with van der Waals surface area (Å²) in [5.74, 6) is 0.229. The van der Waals surface area contributed by atoms with E-state index in [1.807, 2.05) is 61.5 Å². The van der Waals surface area contributed by atoms with Gasteiger partial charge in [0.2, 0.25) is 11.7 Å². The third kappa shape index (κ3) is 3.32. The molecule has 3 aromatic carbocycles. The zero-order chi connectivity index (χ0) is 21.4. The van der Waals surface area contributed by atoms with Crippen LogP contribution in [0, 0.1) is 6.92 Å². The van der Waals surface area contributed by atoms with Crippen molar-refractivity contribution in [3.8, 4) is 11.4 Å². The minimum atomic E-state index is -0.557. The molecule has 0 unspecified atom stereocenters. The average molecular weight is 409 g/mol. The summed E-state index contributed by atoms with van der Waals surface area (Å²) in [6.45, 7) is 1.98. The lowest BCUT2D eigenvalue weighted by Gasteiger charge is -2.25. The summed E-state index contributed by atoms with van der Waals surface area (Å²) in [7, 11) is 0. The van der Waals surface area contributed by atoms with Crippen LogP contribution in [0.1, 0.15) is 43.8 Å². The second-order valence-corrected chi connectivity index (χ2v) is 7.48. The Labute approximate surface area is 179 Å². The molecule has 0 aliphatic carbocycles. The highest BCUT2D eigenvalue weighted by molar-refractivity contribution is 6.21. The van der Waals surface area contributed by atoms with E-state index < -0.39 is 6.04 Å². The summed E-state index contributed by atoms with van der Waals surface area (Å²) in [4.78, 5) is 32.1. The maximum absolute atomic E-state index is 13.1. The molecule has 0 N–H and O–H groups in total. The molecular formula is C25H19N3O3. The Morgan fingerprint density at radius 1 is 0.806 bits per heavy atom. The monoisotopic (exact) mass is 409 g/mol. The van der Waals surface area contributed by atoms with Gasteiger partial charge in [-0.15, -0.1) is 0 Å². The second-order valence-electron chi connectivity index (χ2n) is 7.48. The highest BCUT2D eigenvalue weighted by Crippen LogP contribution is 2.33. The fraction of sp³-hybridized carbons (Fsp3) is 0.120. The third-order valence-electron chi connectivity index (χ3n) is 5.54. The minimum Gasteiger partial charge on any atom is -0.339 e. The van der Waals surface area contributed by atoms with Gasteiger partial charge >= 0.3 is 0 Å². The molecule has 1 aromatic heterocycles. The van der Waals surface area contributed by atoms with Crippen LogP contribution < -0.4 is 0 Å². The zero-order valence-corrected chi connectivity index (χ0v) is 16.9. The van der Waals surface area contributed by atoms with Crippen molar-refractivity contribution in [1.82, 2.24) is 15.0 Å². The molecule has 31 heavy (non-hydrogen) atoms. The minimum absolute atomic E-state index is 0.231. The number of carbonyl (C=O) groups excluding carboxylic acids is 2. The summed E-state index contributed by atoms with van der Waals surface area (Å²) >= 11 is 0. The number of hydrogen-bond acceptors (Lipinski definition) is 5. The topological polar surface area (TPSA) is 76.3 Å². The maximum atomic E-state index is 13.1. The van der Waals surface area contributed by atoms with Crippen molar-refractivity contribution in [2.45, 2.75) is 19.4 Å². The van der Waals surface area contributed by atoms with E-state index >= 15 is 0 Å². The van der Waals surface area contributed by atoms with Gasteiger partial charge in [-0.3, -0.25) is 14.5 Å². The first-order chi connectivity index (χ1) is 15.1. The van der Waals surface area contributed by atoms with E-state index in [1.165, 1.54) is 4.90 Å². The van der Waals surface area contributed by atoms with Crippen molar-refractivity contribution in [2.24, 2.45) is 0 Å². The normalized spacial score (nSPS) is 14.0. The Morgan fingerprint density at radius 2 is 1.39 bits per heavy atom. The van der Waals surface area contributed by atoms with Crippen molar-refractivity contribution in [1.29, 1.82) is 0 Å². The van der Waals surface area contributed by atoms with Crippen LogP contribution in [0.25, 0.3) is 11.4 Å². The van der Waals surface area contributed by atoms with E-state index in [0.29, 0.717) is 22.8 Å². The Kier molecular flexibility index (Phi) is 4.67. The number of amides is 2. The highest BCUT2D eigenvalue weighted by Gasteiger charge is 2.41. The summed E-state index contributed by atoms with van der Waals surface area (Å²) in [5.41, 5.74) is 3.58. The second kappa shape index (κ2) is 7.65. The van der Waals surface area contributed by atoms with Crippen LogP contribution in [-0.2, 0) is 6.42 Å². The number of benzene rings is 3. The maximum Gasteiger partial charge on any atom is 0.262 e. The molecule has 0 spiro atoms. The summed E-state index contributed by atoms with van der Waals surface area (Å²) in [6, 6.07) is 23.6. The van der Waals surface area contributed by atoms with Crippen LogP contribution >= 0.6 is 0 Å². The molecular weight excluding hydrogens is 390 g/mol. The molecule has 6 heteroatoms. The molecule has 1 aliphatic heterocycles. The Hall–Kier alpha value is -4.06. The predicted molar refractivity (Wildman–Crippen MR) is 114 cm³/mol. The lowest BCUT2D eigenvalue weighted by atomic mass is 10.0. The molecule has 2 heterocycles. The van der Waals surface area contributed by atoms with E-state index in [-0.39, 0.29) is 18.2 Å². The lowest BCUT2D eigenvalue weighted by Crippen LogP contribution is -2.35. The molecule has 0 bridgehead atoms. The first-order valence-electron chi connectivity index (χ1n) is 10.0. The van der Waals surface area contributed by atoms with Gasteiger partial charge in [0.25, 0.3) is 11.8 Å². The molecule has 0 fully saturated rings. The van der Waals surface area contributed by atoms with E-state index in [0.717, 1.165) is 16.7 Å². The van der Waals surface area contributed by atoms with Gasteiger partial charge in [0.15, 0.2) is 0 Å². The van der Waals surface area contributed by atoms with Gasteiger partial charge < -0.3 is 4.52 Å². The smallest absolute Gasteiger partial charge is 0.262 e. The van der Waals surface area contributed by atoms with Crippen LogP contribution in [0.15, 0.2) is 83.4 Å². The Bertz CT molecular complexity index is 1240. The highest BCUT2D eigenvalue weighted by atomic mass is 16.5. The fourth-order valence-corrected chi connectivity index (χ4v) is 3.96. The molecule has 0 saturated carbocycles. The molecule has 0 saturated heterocycles. The first kappa shape index (κ1) is 18.9. The fourth-order valence-electron chi connectivity index (χ4n) is 3.96. The van der Waals surface area contributed by atoms with Gasteiger partial charge in [-0.2, -0.15) is 4.98 Å². The standard InChI is InChI=1S/C25H19N3O3/c1-16-9-5-6-12-18(16)23-26-22(31-27-23)15-21(17-10-3-2-4-11-17)28-24(29)19-13-7-8-14-20(19)25(28)30/h2-14,21H,15H2,1H3/t21-/m0/s1. The molecule has 6 nitrogen and oxygen atoms in total. The molecule has 2 amide bonds. The molecule has 0 radical (unpaired) electrons. The number of imide groups is 1. The molecule has 5 rings (SSSR count). The average Bonchev–Trinajstić information content (AvgIpc) is 3.36. The number of nitrogens with zero attached hydrogens (tertiary/aromatic N) is 3. The van der Waals surface area contributed by atoms with Crippen LogP contribution in [0.3, 0.4) is 0 Å². The summed E-state index contributed by atoms with van der Waals surface area (Å²) in [5, 5.41) is 4.12. The number of hydrogen-bond donors (Lipinski definition) is 0. The Morgan fingerprint density at radius 3 is 2.03 bits per heavy atom. The molecule has 1 atom stereocenters. The van der Waals surface area contributed by atoms with Crippen molar-refractivity contribution >= 4 is 11.8 Å². The van der Waals surface area contributed by atoms with Crippen LogP contribution in [0.5, 0.6) is 0 Å². The van der Waals surface area contributed by atoms with Gasteiger partial charge in [-0.25, -0.2) is 0 Å². The summed E-state index contributed by atoms with van der Waals surface area (Å²) in [6.07, 6.45) is 0.231. The van der Waals surface area contributed by atoms with Gasteiger partial charge in [0.1, 0.15) is 0 Å². The van der Waals surface area contributed by atoms with Crippen LogP contribution in [0.2, 0.25) is 0 Å². The SMILES string of the molecule is Cc1ccccc1-c1noc(C[C@@H](c2ccccc2)N2C(=O)c3ccccc3C2=O)n1. The quantitative estimate of drug-likeness (QED) is 0.450. The first-order valence-corrected chi connectivity index (χ1v) is 10.0. The van der Waals surface area contributed by atoms with Gasteiger partial charge in [0, 0.05) is 5.56 Å². The van der Waals surface area contributed by atoms with E-state index in [4.69, 9.17) is 4.52 Å². The van der Waals surface area contributed by atoms with Crippen molar-refractivity contribution in [3.63, 3.8) is 0 Å². The van der Waals surface area contributed by atoms with Crippen LogP contribution in [-0.4, -0.2) is 26.9 Å². The summed E-state index contributed by atoms with van der Waals surface area (Å²) < 4.78 is 5.52. The molecule has 4 aromatic rings. The van der Waals surface area contributed by atoms with E-state index in [2.05, 4.69) is 10.1 Å². The van der Waals surface area contributed by atoms with E-state index in [1.54, 1.807) is 24.3 Å². The van der Waals surface area contributed by atoms with Crippen molar-refractivity contribution in [2.75, 3.05) is 0 Å². The Balaban J connectivity index is 1.52. The third-order valence-corrected chi connectivity index (χ3v) is 5.54. The number of aryl methyl sites for hydroxylation is 1. The molecule has 1 aliphatic rings. The van der Waals surface area contributed by atoms with Crippen molar-refractivity contribution in [3.05, 3.63) is 107 Å². The zero-order valence-electron chi connectivity index (χ0n) is 16.9. The predicted octanol–water partition coefficient (Wildman–Crippen LogP) is 4.63. The van der Waals surface area contributed by atoms with Gasteiger partial charge in [0.05, 0.1) is 23.6 Å². The van der Waals surface area contributed by atoms with Crippen molar-refractivity contribution < 1.29 is 14.1 Å². The van der Waals surface area contributed by atoms with Crippen LogP contribution in [0.4, 0.5) is 0 Å². The van der Waals surface area contributed by atoms with Gasteiger partial charge in [-0.05, 0) is 30.2 Å². The largest absolute Gasteiger partial charge is 0.339 e. The number of fused-ring (bicyclic) bond motifs is 1. The van der Waals surface area contributed by atoms with Gasteiger partial charge in [-0.1, -0.05) is 71.9 Å². The number of rotatable bonds is 5. The number of carbonyl (C=O) groups is 2.